The zero-order chi connectivity index (χ0) is 8.72. The van der Waals surface area contributed by atoms with E-state index in [4.69, 9.17) is 12.2 Å². The average molecular weight is 218 g/mol. The molecule has 2 aliphatic heterocycles. The Labute approximate surface area is 86.2 Å². The zero-order valence-corrected chi connectivity index (χ0v) is 9.43. The van der Waals surface area contributed by atoms with Crippen molar-refractivity contribution in [1.82, 2.24) is 4.90 Å². The molecule has 2 rings (SSSR count). The summed E-state index contributed by atoms with van der Waals surface area (Å²) in [5.74, 6) is 0. The van der Waals surface area contributed by atoms with Gasteiger partial charge in [0.05, 0.1) is 5.04 Å². The molecule has 66 valence electrons. The molecule has 1 saturated heterocycles. The van der Waals surface area contributed by atoms with Crippen LogP contribution in [-0.4, -0.2) is 31.6 Å². The van der Waals surface area contributed by atoms with Crippen LogP contribution in [0, 0.1) is 0 Å². The number of likely N-dealkylation sites (N-methyl/N-ethyl adjacent to an activating group) is 1. The van der Waals surface area contributed by atoms with Crippen LogP contribution in [0.2, 0.25) is 0 Å². The number of hydrogen-bond donors (Lipinski definition) is 0. The van der Waals surface area contributed by atoms with Gasteiger partial charge in [0.25, 0.3) is 0 Å². The van der Waals surface area contributed by atoms with Crippen molar-refractivity contribution in [1.29, 1.82) is 0 Å². The highest BCUT2D eigenvalue weighted by molar-refractivity contribution is 8.25. The van der Waals surface area contributed by atoms with Gasteiger partial charge >= 0.3 is 0 Å². The summed E-state index contributed by atoms with van der Waals surface area (Å²) in [6.07, 6.45) is 0. The molecule has 0 N–H and O–H groups in total. The first-order valence-electron chi connectivity index (χ1n) is 3.90. The Kier molecular flexibility index (Phi) is 2.35. The number of hydrogen-bond acceptors (Lipinski definition) is 4. The first-order valence-corrected chi connectivity index (χ1v) is 6.07. The van der Waals surface area contributed by atoms with Gasteiger partial charge in [-0.2, -0.15) is 0 Å². The van der Waals surface area contributed by atoms with Crippen molar-refractivity contribution >= 4 is 45.1 Å². The molecule has 0 aliphatic carbocycles. The molecule has 12 heavy (non-hydrogen) atoms. The van der Waals surface area contributed by atoms with Gasteiger partial charge in [-0.1, -0.05) is 35.7 Å². The van der Waals surface area contributed by atoms with Crippen LogP contribution in [0.25, 0.3) is 0 Å². The highest BCUT2D eigenvalue weighted by Crippen LogP contribution is 2.43. The molecule has 0 aromatic heterocycles. The van der Waals surface area contributed by atoms with Gasteiger partial charge in [0.2, 0.25) is 0 Å². The maximum absolute atomic E-state index is 5.24. The lowest BCUT2D eigenvalue weighted by atomic mass is 10.5. The zero-order valence-electron chi connectivity index (χ0n) is 6.98. The molecule has 0 spiro atoms. The Bertz CT molecular complexity index is 251. The number of thioether (sulfide) groups is 2. The molecule has 2 atom stereocenters. The average Bonchev–Trinajstić information content (AvgIpc) is 2.43. The van der Waals surface area contributed by atoms with Crippen LogP contribution in [0.5, 0.6) is 0 Å². The van der Waals surface area contributed by atoms with E-state index in [0.29, 0.717) is 10.7 Å². The van der Waals surface area contributed by atoms with Crippen LogP contribution < -0.4 is 0 Å². The number of rotatable bonds is 1. The quantitative estimate of drug-likeness (QED) is 0.626. The summed E-state index contributed by atoms with van der Waals surface area (Å²) in [4.78, 5) is 6.77. The molecule has 2 nitrogen and oxygen atoms in total. The molecular formula is C7H10N2S3. The Morgan fingerprint density at radius 2 is 2.33 bits per heavy atom. The van der Waals surface area contributed by atoms with Crippen molar-refractivity contribution in [2.24, 2.45) is 4.99 Å². The minimum atomic E-state index is 0.363. The van der Waals surface area contributed by atoms with Gasteiger partial charge in [0, 0.05) is 6.54 Å². The Morgan fingerprint density at radius 1 is 1.58 bits per heavy atom. The third-order valence-corrected chi connectivity index (χ3v) is 4.88. The predicted molar refractivity (Wildman–Crippen MR) is 60.8 cm³/mol. The van der Waals surface area contributed by atoms with Crippen LogP contribution in [-0.2, 0) is 0 Å². The van der Waals surface area contributed by atoms with Crippen molar-refractivity contribution in [2.75, 3.05) is 6.54 Å². The van der Waals surface area contributed by atoms with Crippen molar-refractivity contribution in [3.8, 4) is 0 Å². The van der Waals surface area contributed by atoms with E-state index in [2.05, 4.69) is 23.7 Å². The van der Waals surface area contributed by atoms with Crippen molar-refractivity contribution < 1.29 is 0 Å². The second-order valence-corrected chi connectivity index (χ2v) is 5.78. The second-order valence-electron chi connectivity index (χ2n) is 2.72. The van der Waals surface area contributed by atoms with Gasteiger partial charge < -0.3 is 4.90 Å². The van der Waals surface area contributed by atoms with Gasteiger partial charge in [-0.3, -0.25) is 4.99 Å². The van der Waals surface area contributed by atoms with Crippen LogP contribution in [0.4, 0.5) is 0 Å². The maximum atomic E-state index is 5.24. The number of aliphatic imine (C=N–C) groups is 1. The maximum Gasteiger partial charge on any atom is 0.139 e. The van der Waals surface area contributed by atoms with Gasteiger partial charge in [0.15, 0.2) is 0 Å². The summed E-state index contributed by atoms with van der Waals surface area (Å²) in [6.45, 7) is 5.21. The molecular weight excluding hydrogens is 208 g/mol. The molecule has 0 amide bonds. The fourth-order valence-electron chi connectivity index (χ4n) is 1.39. The van der Waals surface area contributed by atoms with Gasteiger partial charge in [-0.05, 0) is 13.8 Å². The lowest BCUT2D eigenvalue weighted by Crippen LogP contribution is -2.31. The third kappa shape index (κ3) is 1.28. The Hall–Kier alpha value is 0.260. The second kappa shape index (κ2) is 3.20. The monoisotopic (exact) mass is 218 g/mol. The molecule has 0 aromatic rings. The molecule has 1 fully saturated rings. The van der Waals surface area contributed by atoms with Crippen LogP contribution >= 0.6 is 35.7 Å². The molecule has 0 aromatic carbocycles. The highest BCUT2D eigenvalue weighted by atomic mass is 32.2. The normalized spacial score (nSPS) is 34.0. The number of nitrogens with zero attached hydrogens (tertiary/aromatic N) is 2. The summed E-state index contributed by atoms with van der Waals surface area (Å²) >= 11 is 8.80. The molecule has 2 aliphatic rings. The van der Waals surface area contributed by atoms with Crippen molar-refractivity contribution in [3.63, 3.8) is 0 Å². The molecule has 2 heterocycles. The minimum Gasteiger partial charge on any atom is -0.342 e. The smallest absolute Gasteiger partial charge is 0.139 e. The first kappa shape index (κ1) is 8.84. The van der Waals surface area contributed by atoms with E-state index < -0.39 is 0 Å². The fraction of sp³-hybridized carbons (Fsp3) is 0.714. The fourth-order valence-corrected chi connectivity index (χ4v) is 4.61. The van der Waals surface area contributed by atoms with Crippen LogP contribution in [0.3, 0.4) is 0 Å². The molecule has 0 unspecified atom stereocenters. The minimum absolute atomic E-state index is 0.363. The van der Waals surface area contributed by atoms with E-state index in [9.17, 15) is 0 Å². The van der Waals surface area contributed by atoms with Crippen molar-refractivity contribution in [3.05, 3.63) is 0 Å². The van der Waals surface area contributed by atoms with E-state index in [1.165, 1.54) is 5.04 Å². The number of thiocarbonyl (C=S) groups is 1. The highest BCUT2D eigenvalue weighted by Gasteiger charge is 2.41. The summed E-state index contributed by atoms with van der Waals surface area (Å²) < 4.78 is 1.01. The summed E-state index contributed by atoms with van der Waals surface area (Å²) in [5.41, 5.74) is 0. The van der Waals surface area contributed by atoms with Crippen LogP contribution in [0.1, 0.15) is 13.8 Å². The van der Waals surface area contributed by atoms with Gasteiger partial charge in [0.1, 0.15) is 15.1 Å². The summed E-state index contributed by atoms with van der Waals surface area (Å²) in [6, 6.07) is 0. The summed E-state index contributed by atoms with van der Waals surface area (Å²) in [7, 11) is 0. The predicted octanol–water partition coefficient (Wildman–Crippen LogP) is 2.16. The Morgan fingerprint density at radius 3 is 3.00 bits per heavy atom. The largest absolute Gasteiger partial charge is 0.342 e. The molecule has 0 bridgehead atoms. The first-order chi connectivity index (χ1) is 5.72. The van der Waals surface area contributed by atoms with E-state index in [-0.39, 0.29) is 0 Å². The lowest BCUT2D eigenvalue weighted by molar-refractivity contribution is 0.440. The van der Waals surface area contributed by atoms with Gasteiger partial charge in [-0.25, -0.2) is 0 Å². The van der Waals surface area contributed by atoms with Crippen molar-refractivity contribution in [2.45, 2.75) is 24.6 Å². The SMILES string of the molecule is CCN1C(=S)S[C@H]2N=C(C)S[C@H]21. The standard InChI is InChI=1S/C7H10N2S3/c1-3-9-6-5(12-7(9)10)8-4(2)11-6/h5-6H,3H2,1-2H3/t5-,6-/m1/s1. The lowest BCUT2D eigenvalue weighted by Gasteiger charge is -2.20. The van der Waals surface area contributed by atoms with E-state index >= 15 is 0 Å². The van der Waals surface area contributed by atoms with E-state index in [1.54, 1.807) is 11.8 Å². The molecule has 5 heteroatoms. The molecule has 0 radical (unpaired) electrons. The molecule has 0 saturated carbocycles. The van der Waals surface area contributed by atoms with Crippen LogP contribution in [0.15, 0.2) is 4.99 Å². The topological polar surface area (TPSA) is 15.6 Å². The third-order valence-electron chi connectivity index (χ3n) is 1.95. The van der Waals surface area contributed by atoms with E-state index in [0.717, 1.165) is 10.9 Å². The number of fused-ring (bicyclic) bond motifs is 1. The van der Waals surface area contributed by atoms with Gasteiger partial charge in [-0.15, -0.1) is 0 Å². The van der Waals surface area contributed by atoms with E-state index in [1.807, 2.05) is 11.8 Å². The summed E-state index contributed by atoms with van der Waals surface area (Å²) in [5, 5.41) is 2.04. The Balaban J connectivity index is 2.18.